The summed E-state index contributed by atoms with van der Waals surface area (Å²) in [6, 6.07) is 7.53. The number of nitrogens with zero attached hydrogens (tertiary/aromatic N) is 1. The van der Waals surface area contributed by atoms with Crippen LogP contribution in [-0.4, -0.2) is 38.0 Å². The zero-order valence-electron chi connectivity index (χ0n) is 9.84. The van der Waals surface area contributed by atoms with Crippen LogP contribution in [-0.2, 0) is 0 Å². The van der Waals surface area contributed by atoms with Gasteiger partial charge in [-0.2, -0.15) is 0 Å². The van der Waals surface area contributed by atoms with Crippen LogP contribution in [0.2, 0.25) is 0 Å². The first kappa shape index (κ1) is 16.1. The molecule has 0 amide bonds. The third-order valence-electron chi connectivity index (χ3n) is 2.18. The normalized spacial score (nSPS) is 10.8. The second kappa shape index (κ2) is 6.71. The maximum absolute atomic E-state index is 11.8. The Morgan fingerprint density at radius 1 is 1.19 bits per heavy atom. The number of carbonyl (C=O) groups excluding carboxylic acids is 1. The van der Waals surface area contributed by atoms with Crippen molar-refractivity contribution in [2.24, 2.45) is 0 Å². The molecule has 0 atom stereocenters. The number of rotatable bonds is 4. The van der Waals surface area contributed by atoms with E-state index < -0.39 is 0 Å². The van der Waals surface area contributed by atoms with Gasteiger partial charge in [0, 0.05) is 10.0 Å². The molecule has 0 aliphatic carbocycles. The molecule has 1 aromatic carbocycles. The second-order valence-corrected chi connectivity index (χ2v) is 5.61. The first-order valence-electron chi connectivity index (χ1n) is 4.98. The fraction of sp³-hybridized carbons (Fsp3) is 0.417. The summed E-state index contributed by atoms with van der Waals surface area (Å²) in [4.78, 5) is 11.8. The van der Waals surface area contributed by atoms with Crippen molar-refractivity contribution in [1.29, 1.82) is 0 Å². The lowest BCUT2D eigenvalue weighted by Crippen LogP contribution is -3.00. The summed E-state index contributed by atoms with van der Waals surface area (Å²) in [5.41, 5.74) is 0.798. The number of hydrogen-bond donors (Lipinski definition) is 0. The average Bonchev–Trinajstić information content (AvgIpc) is 2.14. The van der Waals surface area contributed by atoms with Gasteiger partial charge in [0.25, 0.3) is 0 Å². The van der Waals surface area contributed by atoms with Crippen LogP contribution in [0.1, 0.15) is 16.8 Å². The molecule has 0 heterocycles. The van der Waals surface area contributed by atoms with E-state index in [1.165, 1.54) is 0 Å². The Labute approximate surface area is 123 Å². The molecule has 0 N–H and O–H groups in total. The van der Waals surface area contributed by atoms with Crippen molar-refractivity contribution in [1.82, 2.24) is 0 Å². The minimum atomic E-state index is 0. The van der Waals surface area contributed by atoms with Crippen LogP contribution in [0.4, 0.5) is 0 Å². The summed E-state index contributed by atoms with van der Waals surface area (Å²) >= 11 is 3.35. The molecule has 0 aliphatic rings. The Bertz CT molecular complexity index is 343. The van der Waals surface area contributed by atoms with Crippen molar-refractivity contribution in [3.05, 3.63) is 34.3 Å². The lowest BCUT2D eigenvalue weighted by atomic mass is 10.1. The number of Topliss-reactive ketones (excluding diaryl/α,β-unsaturated/α-hetero) is 1. The first-order valence-corrected chi connectivity index (χ1v) is 5.77. The Morgan fingerprint density at radius 3 is 2.12 bits per heavy atom. The van der Waals surface area contributed by atoms with Crippen molar-refractivity contribution in [2.75, 3.05) is 27.7 Å². The number of quaternary nitrogens is 1. The largest absolute Gasteiger partial charge is 1.00 e. The van der Waals surface area contributed by atoms with Crippen LogP contribution in [0.15, 0.2) is 28.7 Å². The molecule has 1 aromatic rings. The molecular formula is C12H17BrINO. The maximum atomic E-state index is 11.8. The summed E-state index contributed by atoms with van der Waals surface area (Å²) in [6.07, 6.45) is 0.602. The SMILES string of the molecule is C[N+](C)(C)CCC(=O)c1ccc(Br)cc1.[I-]. The zero-order valence-corrected chi connectivity index (χ0v) is 13.6. The van der Waals surface area contributed by atoms with Gasteiger partial charge < -0.3 is 28.5 Å². The molecule has 4 heteroatoms. The average molecular weight is 398 g/mol. The van der Waals surface area contributed by atoms with Crippen LogP contribution in [0.25, 0.3) is 0 Å². The predicted octanol–water partition coefficient (Wildman–Crippen LogP) is -0.268. The molecule has 0 fully saturated rings. The summed E-state index contributed by atoms with van der Waals surface area (Å²) in [5.74, 6) is 0.218. The van der Waals surface area contributed by atoms with Gasteiger partial charge in [-0.05, 0) is 12.1 Å². The Kier molecular flexibility index (Phi) is 6.74. The molecule has 0 bridgehead atoms. The fourth-order valence-electron chi connectivity index (χ4n) is 1.22. The highest BCUT2D eigenvalue weighted by molar-refractivity contribution is 9.10. The fourth-order valence-corrected chi connectivity index (χ4v) is 1.48. The Balaban J connectivity index is 0.00000225. The number of benzene rings is 1. The van der Waals surface area contributed by atoms with Crippen molar-refractivity contribution in [3.63, 3.8) is 0 Å². The zero-order chi connectivity index (χ0) is 11.5. The van der Waals surface area contributed by atoms with Crippen LogP contribution < -0.4 is 24.0 Å². The van der Waals surface area contributed by atoms with Crippen molar-refractivity contribution in [3.8, 4) is 0 Å². The maximum Gasteiger partial charge on any atom is 0.168 e. The van der Waals surface area contributed by atoms with E-state index in [9.17, 15) is 4.79 Å². The molecular weight excluding hydrogens is 381 g/mol. The number of ketones is 1. The predicted molar refractivity (Wildman–Crippen MR) is 66.0 cm³/mol. The third kappa shape index (κ3) is 5.96. The molecule has 16 heavy (non-hydrogen) atoms. The van der Waals surface area contributed by atoms with Gasteiger partial charge >= 0.3 is 0 Å². The van der Waals surface area contributed by atoms with E-state index in [2.05, 4.69) is 37.1 Å². The Morgan fingerprint density at radius 2 is 1.69 bits per heavy atom. The van der Waals surface area contributed by atoms with E-state index in [-0.39, 0.29) is 29.8 Å². The van der Waals surface area contributed by atoms with Crippen LogP contribution in [0.5, 0.6) is 0 Å². The van der Waals surface area contributed by atoms with Gasteiger partial charge in [0.15, 0.2) is 5.78 Å². The molecule has 1 rings (SSSR count). The van der Waals surface area contributed by atoms with Crippen molar-refractivity contribution in [2.45, 2.75) is 6.42 Å². The lowest BCUT2D eigenvalue weighted by molar-refractivity contribution is -0.869. The third-order valence-corrected chi connectivity index (χ3v) is 2.70. The topological polar surface area (TPSA) is 17.1 Å². The van der Waals surface area contributed by atoms with E-state index in [0.29, 0.717) is 6.42 Å². The first-order chi connectivity index (χ1) is 6.88. The minimum Gasteiger partial charge on any atom is -1.00 e. The molecule has 2 nitrogen and oxygen atoms in total. The molecule has 0 radical (unpaired) electrons. The molecule has 0 aliphatic heterocycles. The van der Waals surface area contributed by atoms with Gasteiger partial charge in [-0.25, -0.2) is 0 Å². The van der Waals surface area contributed by atoms with Crippen molar-refractivity contribution >= 4 is 21.7 Å². The van der Waals surface area contributed by atoms with E-state index in [1.54, 1.807) is 0 Å². The molecule has 0 spiro atoms. The number of hydrogen-bond acceptors (Lipinski definition) is 1. The quantitative estimate of drug-likeness (QED) is 0.388. The minimum absolute atomic E-state index is 0. The van der Waals surface area contributed by atoms with Gasteiger partial charge in [0.1, 0.15) is 0 Å². The van der Waals surface area contributed by atoms with E-state index in [4.69, 9.17) is 0 Å². The van der Waals surface area contributed by atoms with Gasteiger partial charge in [0.05, 0.1) is 34.1 Å². The van der Waals surface area contributed by atoms with Gasteiger partial charge in [-0.15, -0.1) is 0 Å². The van der Waals surface area contributed by atoms with Crippen molar-refractivity contribution < 1.29 is 33.3 Å². The monoisotopic (exact) mass is 397 g/mol. The van der Waals surface area contributed by atoms with E-state index in [1.807, 2.05) is 24.3 Å². The molecule has 0 aromatic heterocycles. The standard InChI is InChI=1S/C12H17BrNO.HI/c1-14(2,3)9-8-12(15)10-4-6-11(13)7-5-10;/h4-7H,8-9H2,1-3H3;1H/q+1;/p-1. The van der Waals surface area contributed by atoms with Crippen LogP contribution in [0.3, 0.4) is 0 Å². The molecule has 90 valence electrons. The smallest absolute Gasteiger partial charge is 0.168 e. The summed E-state index contributed by atoms with van der Waals surface area (Å²) in [6.45, 7) is 0.870. The van der Waals surface area contributed by atoms with E-state index >= 15 is 0 Å². The lowest BCUT2D eigenvalue weighted by Gasteiger charge is -2.23. The highest BCUT2D eigenvalue weighted by atomic mass is 127. The van der Waals surface area contributed by atoms with Crippen LogP contribution in [0, 0.1) is 0 Å². The summed E-state index contributed by atoms with van der Waals surface area (Å²) in [5, 5.41) is 0. The number of halogens is 2. The van der Waals surface area contributed by atoms with Gasteiger partial charge in [0.2, 0.25) is 0 Å². The van der Waals surface area contributed by atoms with E-state index in [0.717, 1.165) is 21.1 Å². The molecule has 0 saturated carbocycles. The summed E-state index contributed by atoms with van der Waals surface area (Å²) < 4.78 is 1.83. The Hall–Kier alpha value is 0.0600. The van der Waals surface area contributed by atoms with Gasteiger partial charge in [-0.1, -0.05) is 28.1 Å². The molecule has 0 unspecified atom stereocenters. The highest BCUT2D eigenvalue weighted by Crippen LogP contribution is 2.12. The van der Waals surface area contributed by atoms with Gasteiger partial charge in [-0.3, -0.25) is 4.79 Å². The highest BCUT2D eigenvalue weighted by Gasteiger charge is 2.12. The molecule has 0 saturated heterocycles. The summed E-state index contributed by atoms with van der Waals surface area (Å²) in [7, 11) is 6.28. The van der Waals surface area contributed by atoms with Crippen LogP contribution >= 0.6 is 15.9 Å². The second-order valence-electron chi connectivity index (χ2n) is 4.69. The number of carbonyl (C=O) groups is 1.